The van der Waals surface area contributed by atoms with Gasteiger partial charge in [0.05, 0.1) is 32.4 Å². The smallest absolute Gasteiger partial charge is 0.376 e. The molecule has 1 heterocycles. The largest absolute Gasteiger partial charge is 0.416 e. The Morgan fingerprint density at radius 1 is 1.00 bits per heavy atom. The lowest BCUT2D eigenvalue weighted by molar-refractivity contribution is -0.138. The molecule has 0 radical (unpaired) electrons. The normalized spacial score (nSPS) is 24.2. The summed E-state index contributed by atoms with van der Waals surface area (Å²) in [6.45, 7) is 0. The molecule has 2 aliphatic rings. The molecule has 26 heavy (non-hydrogen) atoms. The lowest BCUT2D eigenvalue weighted by Gasteiger charge is -2.39. The van der Waals surface area contributed by atoms with Gasteiger partial charge in [-0.3, -0.25) is 0 Å². The number of nitrogens with one attached hydrogen (secondary N) is 1. The molecule has 1 nitrogen and oxygen atoms in total. The molecule has 0 saturated carbocycles. The number of allylic oxidation sites excluding steroid dienone is 2. The molecule has 3 atom stereocenters. The number of alkyl halides is 3. The highest BCUT2D eigenvalue weighted by Crippen LogP contribution is 2.55. The molecule has 0 saturated heterocycles. The molecule has 1 aliphatic carbocycles. The molecule has 7 heteroatoms. The second-order valence-corrected chi connectivity index (χ2v) is 7.69. The van der Waals surface area contributed by atoms with Crippen molar-refractivity contribution in [3.63, 3.8) is 0 Å². The van der Waals surface area contributed by atoms with Crippen molar-refractivity contribution >= 4 is 40.5 Å². The third-order valence-corrected chi connectivity index (χ3v) is 6.24. The summed E-state index contributed by atoms with van der Waals surface area (Å²) in [6.07, 6.45) is -0.0493. The molecular weight excluding hydrogens is 406 g/mol. The Morgan fingerprint density at radius 2 is 1.77 bits per heavy atom. The van der Waals surface area contributed by atoms with Crippen LogP contribution in [0.5, 0.6) is 0 Å². The van der Waals surface area contributed by atoms with Gasteiger partial charge in [0.15, 0.2) is 0 Å². The zero-order chi connectivity index (χ0) is 18.6. The van der Waals surface area contributed by atoms with Crippen LogP contribution in [0.2, 0.25) is 15.1 Å². The highest BCUT2D eigenvalue weighted by Gasteiger charge is 2.45. The summed E-state index contributed by atoms with van der Waals surface area (Å²) in [7, 11) is 0. The van der Waals surface area contributed by atoms with Gasteiger partial charge in [0, 0.05) is 5.92 Å². The number of rotatable bonds is 1. The molecule has 0 fully saturated rings. The van der Waals surface area contributed by atoms with Gasteiger partial charge in [0.2, 0.25) is 0 Å². The molecular formula is C19H13Cl3F3N. The van der Waals surface area contributed by atoms with Gasteiger partial charge < -0.3 is 5.32 Å². The van der Waals surface area contributed by atoms with Gasteiger partial charge in [-0.1, -0.05) is 59.1 Å². The summed E-state index contributed by atoms with van der Waals surface area (Å²) in [5.74, 6) is -0.486. The van der Waals surface area contributed by atoms with Gasteiger partial charge in [-0.2, -0.15) is 13.2 Å². The summed E-state index contributed by atoms with van der Waals surface area (Å²) < 4.78 is 40.7. The van der Waals surface area contributed by atoms with E-state index in [-0.39, 0.29) is 28.5 Å². The Kier molecular flexibility index (Phi) is 4.41. The third kappa shape index (κ3) is 2.79. The number of fused-ring (bicyclic) bond motifs is 3. The van der Waals surface area contributed by atoms with E-state index in [1.54, 1.807) is 12.1 Å². The van der Waals surface area contributed by atoms with Crippen molar-refractivity contribution in [2.75, 3.05) is 5.32 Å². The first-order chi connectivity index (χ1) is 12.3. The molecule has 2 aromatic rings. The number of halogens is 6. The minimum absolute atomic E-state index is 0.0990. The van der Waals surface area contributed by atoms with E-state index in [2.05, 4.69) is 5.32 Å². The van der Waals surface area contributed by atoms with Crippen molar-refractivity contribution in [2.24, 2.45) is 5.92 Å². The van der Waals surface area contributed by atoms with Crippen molar-refractivity contribution in [1.29, 1.82) is 0 Å². The predicted molar refractivity (Wildman–Crippen MR) is 99.3 cm³/mol. The topological polar surface area (TPSA) is 12.0 Å². The Bertz CT molecular complexity index is 908. The molecule has 0 bridgehead atoms. The van der Waals surface area contributed by atoms with E-state index in [1.165, 1.54) is 6.07 Å². The zero-order valence-electron chi connectivity index (χ0n) is 13.2. The number of anilines is 1. The molecule has 0 amide bonds. The van der Waals surface area contributed by atoms with E-state index in [1.807, 2.05) is 18.2 Å². The Labute approximate surface area is 163 Å². The fraction of sp³-hybridized carbons (Fsp3) is 0.263. The number of hydrogen-bond donors (Lipinski definition) is 1. The van der Waals surface area contributed by atoms with Gasteiger partial charge >= 0.3 is 6.18 Å². The van der Waals surface area contributed by atoms with E-state index in [9.17, 15) is 13.2 Å². The highest BCUT2D eigenvalue weighted by molar-refractivity contribution is 6.42. The monoisotopic (exact) mass is 417 g/mol. The zero-order valence-corrected chi connectivity index (χ0v) is 15.5. The molecule has 1 aliphatic heterocycles. The Morgan fingerprint density at radius 3 is 2.50 bits per heavy atom. The third-order valence-electron chi connectivity index (χ3n) is 5.09. The van der Waals surface area contributed by atoms with Gasteiger partial charge in [-0.05, 0) is 41.7 Å². The average Bonchev–Trinajstić information content (AvgIpc) is 3.06. The first-order valence-corrected chi connectivity index (χ1v) is 9.19. The summed E-state index contributed by atoms with van der Waals surface area (Å²) in [5.41, 5.74) is 0.632. The quantitative estimate of drug-likeness (QED) is 0.473. The second-order valence-electron chi connectivity index (χ2n) is 6.50. The lowest BCUT2D eigenvalue weighted by atomic mass is 9.75. The van der Waals surface area contributed by atoms with E-state index in [4.69, 9.17) is 34.8 Å². The van der Waals surface area contributed by atoms with Gasteiger partial charge in [0.1, 0.15) is 0 Å². The van der Waals surface area contributed by atoms with Crippen LogP contribution in [0, 0.1) is 5.92 Å². The first kappa shape index (κ1) is 18.0. The average molecular weight is 419 g/mol. The van der Waals surface area contributed by atoms with Gasteiger partial charge in [0.25, 0.3) is 0 Å². The van der Waals surface area contributed by atoms with Crippen LogP contribution in [0.1, 0.15) is 35.1 Å². The minimum Gasteiger partial charge on any atom is -0.376 e. The van der Waals surface area contributed by atoms with Crippen molar-refractivity contribution < 1.29 is 13.2 Å². The van der Waals surface area contributed by atoms with Crippen LogP contribution in [0.4, 0.5) is 18.9 Å². The molecule has 0 unspecified atom stereocenters. The highest BCUT2D eigenvalue weighted by atomic mass is 35.5. The maximum Gasteiger partial charge on any atom is 0.416 e. The van der Waals surface area contributed by atoms with Crippen LogP contribution < -0.4 is 5.32 Å². The molecule has 4 rings (SSSR count). The molecule has 136 valence electrons. The maximum atomic E-state index is 13.6. The van der Waals surface area contributed by atoms with Crippen molar-refractivity contribution in [3.05, 3.63) is 74.2 Å². The summed E-state index contributed by atoms with van der Waals surface area (Å²) in [4.78, 5) is 0. The molecule has 0 aromatic heterocycles. The van der Waals surface area contributed by atoms with E-state index in [0.29, 0.717) is 22.2 Å². The van der Waals surface area contributed by atoms with E-state index < -0.39 is 11.7 Å². The Hall–Kier alpha value is -1.36. The fourth-order valence-corrected chi connectivity index (χ4v) is 4.63. The van der Waals surface area contributed by atoms with Crippen molar-refractivity contribution in [1.82, 2.24) is 0 Å². The molecule has 0 spiro atoms. The SMILES string of the molecule is FC(F)(F)c1ccc(Cl)c2c1[C@@H]1C=CC[C@H]1[C@@H](c1cccc(Cl)c1Cl)N2. The van der Waals surface area contributed by atoms with Crippen molar-refractivity contribution in [3.8, 4) is 0 Å². The number of hydrogen-bond acceptors (Lipinski definition) is 1. The molecule has 2 aromatic carbocycles. The summed E-state index contributed by atoms with van der Waals surface area (Å²) >= 11 is 18.8. The summed E-state index contributed by atoms with van der Waals surface area (Å²) in [6, 6.07) is 7.36. The van der Waals surface area contributed by atoms with E-state index in [0.717, 1.165) is 11.6 Å². The van der Waals surface area contributed by atoms with Crippen LogP contribution in [0.15, 0.2) is 42.5 Å². The summed E-state index contributed by atoms with van der Waals surface area (Å²) in [5, 5.41) is 4.30. The van der Waals surface area contributed by atoms with Crippen LogP contribution in [-0.2, 0) is 6.18 Å². The number of benzene rings is 2. The fourth-order valence-electron chi connectivity index (χ4n) is 3.99. The Balaban J connectivity index is 1.91. The van der Waals surface area contributed by atoms with Crippen LogP contribution in [0.25, 0.3) is 0 Å². The van der Waals surface area contributed by atoms with Gasteiger partial charge in [-0.25, -0.2) is 0 Å². The first-order valence-electron chi connectivity index (χ1n) is 8.05. The predicted octanol–water partition coefficient (Wildman–Crippen LogP) is 7.49. The van der Waals surface area contributed by atoms with Crippen molar-refractivity contribution in [2.45, 2.75) is 24.6 Å². The van der Waals surface area contributed by atoms with Crippen LogP contribution in [0.3, 0.4) is 0 Å². The molecule has 1 N–H and O–H groups in total. The second kappa shape index (κ2) is 6.36. The minimum atomic E-state index is -4.45. The van der Waals surface area contributed by atoms with Crippen LogP contribution in [-0.4, -0.2) is 0 Å². The lowest BCUT2D eigenvalue weighted by Crippen LogP contribution is -2.31. The standard InChI is InChI=1S/C19H13Cl3F3N/c20-13-6-2-5-11(16(13)22)17-10-4-1-3-9(10)15-12(19(23,24)25)7-8-14(21)18(15)26-17/h1-3,5-10,17,26H,4H2/t9-,10-,17+/m1/s1. The van der Waals surface area contributed by atoms with E-state index >= 15 is 0 Å². The maximum absolute atomic E-state index is 13.6. The van der Waals surface area contributed by atoms with Gasteiger partial charge in [-0.15, -0.1) is 0 Å². The van der Waals surface area contributed by atoms with Crippen LogP contribution >= 0.6 is 34.8 Å².